The number of nitrogens with zero attached hydrogens (tertiary/aromatic N) is 3. The zero-order chi connectivity index (χ0) is 21.7. The maximum atomic E-state index is 2.39. The molecule has 0 fully saturated rings. The van der Waals surface area contributed by atoms with Gasteiger partial charge in [0.1, 0.15) is 0 Å². The van der Waals surface area contributed by atoms with E-state index in [9.17, 15) is 0 Å². The highest BCUT2D eigenvalue weighted by atomic mass is 15.1. The Morgan fingerprint density at radius 2 is 0.800 bits per heavy atom. The van der Waals surface area contributed by atoms with E-state index in [1.54, 1.807) is 0 Å². The molecule has 3 nitrogen and oxygen atoms in total. The molecule has 0 bridgehead atoms. The highest BCUT2D eigenvalue weighted by Gasteiger charge is 2.18. The molecule has 3 aromatic rings. The smallest absolute Gasteiger partial charge is 0.0366 e. The van der Waals surface area contributed by atoms with Gasteiger partial charge in [0.2, 0.25) is 0 Å². The van der Waals surface area contributed by atoms with E-state index >= 15 is 0 Å². The molecule has 0 heterocycles. The standard InChI is InChI=1S/C27H35N3/c1-7-30(8-2)26-19-13-23(14-20-26)27(21-9-15-24(16-10-21)28(3)4)22-11-17-25(18-12-22)29(5)6/h9-20,27H,7-8H2,1-6H3. The number of anilines is 3. The van der Waals surface area contributed by atoms with Crippen molar-refractivity contribution in [3.05, 3.63) is 89.5 Å². The number of hydrogen-bond acceptors (Lipinski definition) is 3. The van der Waals surface area contributed by atoms with Crippen molar-refractivity contribution in [2.75, 3.05) is 56.0 Å². The fourth-order valence-electron chi connectivity index (χ4n) is 3.97. The Labute approximate surface area is 182 Å². The normalized spacial score (nSPS) is 10.9. The molecule has 0 N–H and O–H groups in total. The van der Waals surface area contributed by atoms with Crippen molar-refractivity contribution in [1.29, 1.82) is 0 Å². The van der Waals surface area contributed by atoms with Crippen LogP contribution in [0.3, 0.4) is 0 Å². The molecule has 0 atom stereocenters. The zero-order valence-corrected chi connectivity index (χ0v) is 19.3. The largest absolute Gasteiger partial charge is 0.378 e. The van der Waals surface area contributed by atoms with Gasteiger partial charge in [0, 0.05) is 64.3 Å². The van der Waals surface area contributed by atoms with Crippen LogP contribution in [0, 0.1) is 0 Å². The van der Waals surface area contributed by atoms with Crippen LogP contribution in [0.25, 0.3) is 0 Å². The van der Waals surface area contributed by atoms with E-state index in [4.69, 9.17) is 0 Å². The highest BCUT2D eigenvalue weighted by molar-refractivity contribution is 5.55. The second-order valence-corrected chi connectivity index (χ2v) is 8.17. The van der Waals surface area contributed by atoms with Crippen molar-refractivity contribution in [1.82, 2.24) is 0 Å². The average Bonchev–Trinajstić information content (AvgIpc) is 2.76. The predicted octanol–water partition coefficient (Wildman–Crippen LogP) is 5.85. The molecule has 0 unspecified atom stereocenters. The van der Waals surface area contributed by atoms with Crippen LogP contribution in [0.15, 0.2) is 72.8 Å². The Morgan fingerprint density at radius 3 is 1.07 bits per heavy atom. The molecule has 30 heavy (non-hydrogen) atoms. The SMILES string of the molecule is CCN(CC)c1ccc(C(c2ccc(N(C)C)cc2)c2ccc(N(C)C)cc2)cc1. The van der Waals surface area contributed by atoms with E-state index < -0.39 is 0 Å². The first-order valence-electron chi connectivity index (χ1n) is 10.8. The van der Waals surface area contributed by atoms with E-state index in [-0.39, 0.29) is 5.92 Å². The third-order valence-corrected chi connectivity index (χ3v) is 5.84. The van der Waals surface area contributed by atoms with Gasteiger partial charge in [0.25, 0.3) is 0 Å². The molecule has 3 rings (SSSR count). The summed E-state index contributed by atoms with van der Waals surface area (Å²) in [7, 11) is 8.33. The van der Waals surface area contributed by atoms with Gasteiger partial charge in [0.05, 0.1) is 0 Å². The topological polar surface area (TPSA) is 9.72 Å². The minimum atomic E-state index is 0.211. The Kier molecular flexibility index (Phi) is 7.04. The van der Waals surface area contributed by atoms with Crippen LogP contribution in [0.4, 0.5) is 17.1 Å². The first-order valence-corrected chi connectivity index (χ1v) is 10.8. The third-order valence-electron chi connectivity index (χ3n) is 5.84. The fraction of sp³-hybridized carbons (Fsp3) is 0.333. The second-order valence-electron chi connectivity index (χ2n) is 8.17. The van der Waals surface area contributed by atoms with Gasteiger partial charge in [-0.05, 0) is 66.9 Å². The quantitative estimate of drug-likeness (QED) is 0.439. The lowest BCUT2D eigenvalue weighted by atomic mass is 9.85. The van der Waals surface area contributed by atoms with Crippen LogP contribution >= 0.6 is 0 Å². The molecule has 0 radical (unpaired) electrons. The molecule has 0 aliphatic heterocycles. The molecule has 0 saturated heterocycles. The second kappa shape index (κ2) is 9.71. The van der Waals surface area contributed by atoms with Crippen LogP contribution in [0.1, 0.15) is 36.5 Å². The van der Waals surface area contributed by atoms with Crippen LogP contribution in [0.5, 0.6) is 0 Å². The summed E-state index contributed by atoms with van der Waals surface area (Å²) in [5, 5.41) is 0. The molecular weight excluding hydrogens is 366 g/mol. The first-order chi connectivity index (χ1) is 14.4. The van der Waals surface area contributed by atoms with Gasteiger partial charge in [-0.2, -0.15) is 0 Å². The molecule has 0 saturated carbocycles. The van der Waals surface area contributed by atoms with Crippen LogP contribution in [0.2, 0.25) is 0 Å². The van der Waals surface area contributed by atoms with Gasteiger partial charge >= 0.3 is 0 Å². The maximum Gasteiger partial charge on any atom is 0.0366 e. The summed E-state index contributed by atoms with van der Waals surface area (Å²) < 4.78 is 0. The van der Waals surface area contributed by atoms with Crippen LogP contribution in [-0.4, -0.2) is 41.3 Å². The van der Waals surface area contributed by atoms with E-state index in [0.29, 0.717) is 0 Å². The first kappa shape index (κ1) is 21.8. The number of hydrogen-bond donors (Lipinski definition) is 0. The van der Waals surface area contributed by atoms with Crippen molar-refractivity contribution in [2.24, 2.45) is 0 Å². The number of rotatable bonds is 8. The summed E-state index contributed by atoms with van der Waals surface area (Å²) in [5.74, 6) is 0.211. The minimum Gasteiger partial charge on any atom is -0.378 e. The van der Waals surface area contributed by atoms with Crippen molar-refractivity contribution < 1.29 is 0 Å². The molecular formula is C27H35N3. The predicted molar refractivity (Wildman–Crippen MR) is 132 cm³/mol. The lowest BCUT2D eigenvalue weighted by Crippen LogP contribution is -2.21. The van der Waals surface area contributed by atoms with Gasteiger partial charge in [-0.25, -0.2) is 0 Å². The van der Waals surface area contributed by atoms with Gasteiger partial charge in [-0.15, -0.1) is 0 Å². The molecule has 158 valence electrons. The number of benzene rings is 3. The van der Waals surface area contributed by atoms with Crippen molar-refractivity contribution in [3.8, 4) is 0 Å². The summed E-state index contributed by atoms with van der Waals surface area (Å²) >= 11 is 0. The Morgan fingerprint density at radius 1 is 0.500 bits per heavy atom. The molecule has 0 aliphatic carbocycles. The Bertz CT molecular complexity index is 854. The zero-order valence-electron chi connectivity index (χ0n) is 19.3. The molecule has 0 aliphatic rings. The Hall–Kier alpha value is -2.94. The monoisotopic (exact) mass is 401 g/mol. The fourth-order valence-corrected chi connectivity index (χ4v) is 3.97. The molecule has 3 heteroatoms. The van der Waals surface area contributed by atoms with Crippen LogP contribution < -0.4 is 14.7 Å². The lowest BCUT2D eigenvalue weighted by Gasteiger charge is -2.24. The summed E-state index contributed by atoms with van der Waals surface area (Å²) in [6.07, 6.45) is 0. The summed E-state index contributed by atoms with van der Waals surface area (Å²) in [4.78, 5) is 6.67. The molecule has 3 aromatic carbocycles. The van der Waals surface area contributed by atoms with E-state index in [2.05, 4.69) is 130 Å². The molecule has 0 aromatic heterocycles. The molecule has 0 amide bonds. The van der Waals surface area contributed by atoms with Crippen molar-refractivity contribution in [2.45, 2.75) is 19.8 Å². The summed E-state index contributed by atoms with van der Waals surface area (Å²) in [6, 6.07) is 27.0. The minimum absolute atomic E-state index is 0.211. The van der Waals surface area contributed by atoms with E-state index in [0.717, 1.165) is 13.1 Å². The maximum absolute atomic E-state index is 2.39. The van der Waals surface area contributed by atoms with Gasteiger partial charge in [-0.1, -0.05) is 36.4 Å². The lowest BCUT2D eigenvalue weighted by molar-refractivity contribution is 0.864. The molecule has 0 spiro atoms. The highest BCUT2D eigenvalue weighted by Crippen LogP contribution is 2.34. The summed E-state index contributed by atoms with van der Waals surface area (Å²) in [5.41, 5.74) is 7.67. The average molecular weight is 402 g/mol. The van der Waals surface area contributed by atoms with E-state index in [1.165, 1.54) is 33.8 Å². The van der Waals surface area contributed by atoms with E-state index in [1.807, 2.05) is 0 Å². The third kappa shape index (κ3) is 4.79. The summed E-state index contributed by atoms with van der Waals surface area (Å²) in [6.45, 7) is 6.46. The van der Waals surface area contributed by atoms with Gasteiger partial charge in [-0.3, -0.25) is 0 Å². The van der Waals surface area contributed by atoms with Crippen LogP contribution in [-0.2, 0) is 0 Å². The van der Waals surface area contributed by atoms with Gasteiger partial charge in [0.15, 0.2) is 0 Å². The van der Waals surface area contributed by atoms with Gasteiger partial charge < -0.3 is 14.7 Å². The van der Waals surface area contributed by atoms with Crippen molar-refractivity contribution >= 4 is 17.1 Å². The Balaban J connectivity index is 2.03. The van der Waals surface area contributed by atoms with Crippen molar-refractivity contribution in [3.63, 3.8) is 0 Å².